The lowest BCUT2D eigenvalue weighted by atomic mass is 9.96. The van der Waals surface area contributed by atoms with Crippen LogP contribution in [-0.4, -0.2) is 4.98 Å². The number of aromatic nitrogens is 1. The monoisotopic (exact) mass is 604 g/mol. The van der Waals surface area contributed by atoms with Crippen molar-refractivity contribution in [2.24, 2.45) is 0 Å². The fraction of sp³-hybridized carbons (Fsp3) is 0. The van der Waals surface area contributed by atoms with E-state index in [9.17, 15) is 0 Å². The lowest BCUT2D eigenvalue weighted by Gasteiger charge is -2.27. The Kier molecular flexibility index (Phi) is 6.36. The lowest BCUT2D eigenvalue weighted by Crippen LogP contribution is -2.12. The SMILES string of the molecule is c1ccc(-c2ccc(N(c3ccc(-c4ccccc4)c4ccccc34)c3nccc4c3sc3ccc5ccccc5c34)cc2)cc1. The summed E-state index contributed by atoms with van der Waals surface area (Å²) in [7, 11) is 0. The molecule has 0 N–H and O–H groups in total. The molecule has 0 spiro atoms. The molecule has 0 bridgehead atoms. The van der Waals surface area contributed by atoms with Crippen molar-refractivity contribution in [2.45, 2.75) is 0 Å². The van der Waals surface area contributed by atoms with Crippen molar-refractivity contribution in [3.05, 3.63) is 170 Å². The minimum atomic E-state index is 0.938. The number of hydrogen-bond donors (Lipinski definition) is 0. The maximum absolute atomic E-state index is 5.14. The molecule has 2 aromatic heterocycles. The molecule has 0 unspecified atom stereocenters. The molecule has 0 aliphatic heterocycles. The summed E-state index contributed by atoms with van der Waals surface area (Å²) in [5.74, 6) is 0.938. The van der Waals surface area contributed by atoms with E-state index in [4.69, 9.17) is 4.98 Å². The van der Waals surface area contributed by atoms with E-state index in [0.29, 0.717) is 0 Å². The van der Waals surface area contributed by atoms with E-state index in [1.54, 1.807) is 0 Å². The van der Waals surface area contributed by atoms with Crippen molar-refractivity contribution >= 4 is 70.2 Å². The quantitative estimate of drug-likeness (QED) is 0.194. The molecule has 46 heavy (non-hydrogen) atoms. The smallest absolute Gasteiger partial charge is 0.155 e. The Hall–Kier alpha value is -5.77. The van der Waals surface area contributed by atoms with Gasteiger partial charge in [0.05, 0.1) is 10.4 Å². The van der Waals surface area contributed by atoms with E-state index in [1.807, 2.05) is 17.5 Å². The zero-order chi connectivity index (χ0) is 30.5. The summed E-state index contributed by atoms with van der Waals surface area (Å²) in [5.41, 5.74) is 6.99. The Morgan fingerprint density at radius 2 is 1.11 bits per heavy atom. The van der Waals surface area contributed by atoms with Crippen LogP contribution >= 0.6 is 11.3 Å². The number of anilines is 3. The van der Waals surface area contributed by atoms with E-state index in [1.165, 1.54) is 64.0 Å². The summed E-state index contributed by atoms with van der Waals surface area (Å²) >= 11 is 1.82. The molecular formula is C43H28N2S. The average Bonchev–Trinajstić information content (AvgIpc) is 3.53. The third-order valence-corrected chi connectivity index (χ3v) is 10.1. The van der Waals surface area contributed by atoms with Crippen LogP contribution in [0.5, 0.6) is 0 Å². The predicted octanol–water partition coefficient (Wildman–Crippen LogP) is 12.6. The zero-order valence-corrected chi connectivity index (χ0v) is 25.8. The first kappa shape index (κ1) is 26.6. The summed E-state index contributed by atoms with van der Waals surface area (Å²) in [5, 5.41) is 7.46. The third kappa shape index (κ3) is 4.36. The molecular weight excluding hydrogens is 577 g/mol. The maximum Gasteiger partial charge on any atom is 0.155 e. The van der Waals surface area contributed by atoms with Crippen molar-refractivity contribution in [1.82, 2.24) is 4.98 Å². The number of thiophene rings is 1. The van der Waals surface area contributed by atoms with Gasteiger partial charge < -0.3 is 0 Å². The molecule has 0 aliphatic rings. The summed E-state index contributed by atoms with van der Waals surface area (Å²) in [6.07, 6.45) is 1.97. The van der Waals surface area contributed by atoms with Crippen LogP contribution in [0.1, 0.15) is 0 Å². The minimum absolute atomic E-state index is 0.938. The van der Waals surface area contributed by atoms with Crippen molar-refractivity contribution < 1.29 is 0 Å². The Morgan fingerprint density at radius 3 is 1.89 bits per heavy atom. The van der Waals surface area contributed by atoms with Crippen LogP contribution in [0.2, 0.25) is 0 Å². The number of hydrogen-bond acceptors (Lipinski definition) is 3. The second-order valence-corrected chi connectivity index (χ2v) is 12.6. The van der Waals surface area contributed by atoms with Crippen LogP contribution in [0.15, 0.2) is 170 Å². The average molecular weight is 605 g/mol. The van der Waals surface area contributed by atoms with Crippen LogP contribution in [0, 0.1) is 0 Å². The highest BCUT2D eigenvalue weighted by Crippen LogP contribution is 2.47. The van der Waals surface area contributed by atoms with Crippen LogP contribution in [0.25, 0.3) is 64.0 Å². The van der Waals surface area contributed by atoms with Gasteiger partial charge in [-0.3, -0.25) is 4.90 Å². The summed E-state index contributed by atoms with van der Waals surface area (Å²) in [6.45, 7) is 0. The Bertz CT molecular complexity index is 2520. The fourth-order valence-corrected chi connectivity index (χ4v) is 7.97. The molecule has 0 amide bonds. The van der Waals surface area contributed by atoms with E-state index >= 15 is 0 Å². The number of fused-ring (bicyclic) bond motifs is 6. The molecule has 216 valence electrons. The van der Waals surface area contributed by atoms with Gasteiger partial charge in [-0.15, -0.1) is 11.3 Å². The first-order valence-corrected chi connectivity index (χ1v) is 16.4. The molecule has 7 aromatic carbocycles. The van der Waals surface area contributed by atoms with E-state index in [0.717, 1.165) is 17.2 Å². The first-order valence-electron chi connectivity index (χ1n) is 15.6. The van der Waals surface area contributed by atoms with Crippen LogP contribution in [0.4, 0.5) is 17.2 Å². The Morgan fingerprint density at radius 1 is 0.457 bits per heavy atom. The van der Waals surface area contributed by atoms with Crippen molar-refractivity contribution in [3.8, 4) is 22.3 Å². The van der Waals surface area contributed by atoms with Gasteiger partial charge in [-0.05, 0) is 68.7 Å². The molecule has 2 heterocycles. The second-order valence-electron chi connectivity index (χ2n) is 11.6. The molecule has 0 aliphatic carbocycles. The summed E-state index contributed by atoms with van der Waals surface area (Å²) < 4.78 is 2.45. The van der Waals surface area contributed by atoms with Gasteiger partial charge in [0.15, 0.2) is 5.82 Å². The van der Waals surface area contributed by atoms with Gasteiger partial charge in [-0.25, -0.2) is 4.98 Å². The maximum atomic E-state index is 5.14. The van der Waals surface area contributed by atoms with Gasteiger partial charge in [0, 0.05) is 32.7 Å². The lowest BCUT2D eigenvalue weighted by molar-refractivity contribution is 1.21. The minimum Gasteiger partial charge on any atom is -0.293 e. The van der Waals surface area contributed by atoms with Gasteiger partial charge in [0.1, 0.15) is 0 Å². The number of pyridine rings is 1. The van der Waals surface area contributed by atoms with E-state index in [-0.39, 0.29) is 0 Å². The van der Waals surface area contributed by atoms with Crippen LogP contribution in [-0.2, 0) is 0 Å². The van der Waals surface area contributed by atoms with Crippen molar-refractivity contribution in [3.63, 3.8) is 0 Å². The summed E-state index contributed by atoms with van der Waals surface area (Å²) in [4.78, 5) is 7.49. The molecule has 0 saturated carbocycles. The molecule has 0 fully saturated rings. The largest absolute Gasteiger partial charge is 0.293 e. The van der Waals surface area contributed by atoms with Crippen molar-refractivity contribution in [2.75, 3.05) is 4.90 Å². The van der Waals surface area contributed by atoms with E-state index in [2.05, 4.69) is 169 Å². The third-order valence-electron chi connectivity index (χ3n) is 8.93. The Labute approximate surface area is 271 Å². The fourth-order valence-electron chi connectivity index (χ4n) is 6.77. The normalized spacial score (nSPS) is 11.5. The zero-order valence-electron chi connectivity index (χ0n) is 25.0. The highest BCUT2D eigenvalue weighted by molar-refractivity contribution is 7.26. The highest BCUT2D eigenvalue weighted by Gasteiger charge is 2.22. The van der Waals surface area contributed by atoms with Gasteiger partial charge >= 0.3 is 0 Å². The predicted molar refractivity (Wildman–Crippen MR) is 198 cm³/mol. The molecule has 9 aromatic rings. The molecule has 9 rings (SSSR count). The molecule has 0 atom stereocenters. The second kappa shape index (κ2) is 11.0. The molecule has 2 nitrogen and oxygen atoms in total. The molecule has 3 heteroatoms. The van der Waals surface area contributed by atoms with Crippen LogP contribution < -0.4 is 4.90 Å². The van der Waals surface area contributed by atoms with Crippen molar-refractivity contribution in [1.29, 1.82) is 0 Å². The number of rotatable bonds is 5. The highest BCUT2D eigenvalue weighted by atomic mass is 32.1. The van der Waals surface area contributed by atoms with Gasteiger partial charge in [-0.1, -0.05) is 133 Å². The van der Waals surface area contributed by atoms with Gasteiger partial charge in [-0.2, -0.15) is 0 Å². The number of nitrogens with zero attached hydrogens (tertiary/aromatic N) is 2. The van der Waals surface area contributed by atoms with Gasteiger partial charge in [0.25, 0.3) is 0 Å². The summed E-state index contributed by atoms with van der Waals surface area (Å²) in [6, 6.07) is 58.7. The van der Waals surface area contributed by atoms with Gasteiger partial charge in [0.2, 0.25) is 0 Å². The van der Waals surface area contributed by atoms with Crippen LogP contribution in [0.3, 0.4) is 0 Å². The standard InChI is InChI=1S/C43H28N2S/c1-3-11-29(12-4-1)30-19-22-33(23-20-30)45(39-25-24-34(31-13-5-2-6-14-31)36-17-9-10-18-37(36)39)43-42-38(27-28-44-43)41-35-16-8-7-15-32(35)21-26-40(41)46-42/h1-28H. The van der Waals surface area contributed by atoms with E-state index < -0.39 is 0 Å². The molecule has 0 radical (unpaired) electrons. The number of benzene rings is 7. The molecule has 0 saturated heterocycles. The first-order chi connectivity index (χ1) is 22.8. The topological polar surface area (TPSA) is 16.1 Å². The Balaban J connectivity index is 1.32.